The van der Waals surface area contributed by atoms with Crippen LogP contribution >= 0.6 is 0 Å². The third-order valence-electron chi connectivity index (χ3n) is 4.63. The summed E-state index contributed by atoms with van der Waals surface area (Å²) in [6.07, 6.45) is 7.70. The second-order valence-electron chi connectivity index (χ2n) is 6.96. The van der Waals surface area contributed by atoms with E-state index in [0.717, 1.165) is 18.4 Å². The lowest BCUT2D eigenvalue weighted by Gasteiger charge is -2.15. The summed E-state index contributed by atoms with van der Waals surface area (Å²) in [4.78, 5) is 16.5. The molecule has 2 aromatic carbocycles. The van der Waals surface area contributed by atoms with E-state index in [-0.39, 0.29) is 11.9 Å². The molecular weight excluding hydrogens is 366 g/mol. The van der Waals surface area contributed by atoms with Crippen molar-refractivity contribution in [2.24, 2.45) is 10.7 Å². The first kappa shape index (κ1) is 20.5. The van der Waals surface area contributed by atoms with Gasteiger partial charge in [-0.25, -0.2) is 0 Å². The molecule has 1 saturated carbocycles. The fourth-order valence-corrected chi connectivity index (χ4v) is 3.17. The molecule has 0 saturated heterocycles. The zero-order valence-electron chi connectivity index (χ0n) is 16.6. The molecule has 152 valence electrons. The van der Waals surface area contributed by atoms with Crippen LogP contribution in [0.4, 0.5) is 0 Å². The Labute approximate surface area is 171 Å². The summed E-state index contributed by atoms with van der Waals surface area (Å²) in [5.74, 6) is 0.862. The van der Waals surface area contributed by atoms with E-state index in [4.69, 9.17) is 15.2 Å². The van der Waals surface area contributed by atoms with Gasteiger partial charge in [0.05, 0.1) is 6.10 Å². The SMILES string of the molecule is CN/C=C\C(N)=NC(=O)c1cc(OCc2ccccc2)cc(OC2CCCC2)c1. The molecule has 0 spiro atoms. The standard InChI is InChI=1S/C23H27N3O3/c1-25-12-11-22(24)26-23(27)18-13-20(28-16-17-7-3-2-4-8-17)15-21(14-18)29-19-9-5-6-10-19/h2-4,7-8,11-15,19,25H,5-6,9-10,16H2,1H3,(H2,24,26,27)/b12-11-. The van der Waals surface area contributed by atoms with Crippen LogP contribution in [0.1, 0.15) is 41.6 Å². The highest BCUT2D eigenvalue weighted by Crippen LogP contribution is 2.29. The molecule has 1 amide bonds. The predicted octanol–water partition coefficient (Wildman–Crippen LogP) is 3.82. The minimum absolute atomic E-state index is 0.123. The van der Waals surface area contributed by atoms with E-state index in [1.807, 2.05) is 36.4 Å². The Bertz CT molecular complexity index is 872. The molecular formula is C23H27N3O3. The normalized spacial score (nSPS) is 14.9. The highest BCUT2D eigenvalue weighted by Gasteiger charge is 2.18. The van der Waals surface area contributed by atoms with Crippen LogP contribution in [0.2, 0.25) is 0 Å². The zero-order valence-corrected chi connectivity index (χ0v) is 16.6. The topological polar surface area (TPSA) is 85.9 Å². The van der Waals surface area contributed by atoms with Crippen molar-refractivity contribution in [3.05, 3.63) is 71.9 Å². The lowest BCUT2D eigenvalue weighted by atomic mass is 10.2. The van der Waals surface area contributed by atoms with Crippen LogP contribution in [-0.4, -0.2) is 24.9 Å². The first-order valence-corrected chi connectivity index (χ1v) is 9.85. The fraction of sp³-hybridized carbons (Fsp3) is 0.304. The lowest BCUT2D eigenvalue weighted by molar-refractivity contribution is 0.100. The Morgan fingerprint density at radius 3 is 2.62 bits per heavy atom. The monoisotopic (exact) mass is 393 g/mol. The minimum Gasteiger partial charge on any atom is -0.490 e. The highest BCUT2D eigenvalue weighted by atomic mass is 16.5. The van der Waals surface area contributed by atoms with E-state index in [9.17, 15) is 4.79 Å². The molecule has 0 radical (unpaired) electrons. The maximum atomic E-state index is 12.6. The number of ether oxygens (including phenoxy) is 2. The number of carbonyl (C=O) groups excluding carboxylic acids is 1. The highest BCUT2D eigenvalue weighted by molar-refractivity contribution is 6.06. The number of amidine groups is 1. The molecule has 0 bridgehead atoms. The van der Waals surface area contributed by atoms with Gasteiger partial charge >= 0.3 is 0 Å². The summed E-state index contributed by atoms with van der Waals surface area (Å²) >= 11 is 0. The molecule has 0 aliphatic heterocycles. The van der Waals surface area contributed by atoms with E-state index in [1.54, 1.807) is 25.4 Å². The van der Waals surface area contributed by atoms with Crippen molar-refractivity contribution in [2.75, 3.05) is 7.05 Å². The van der Waals surface area contributed by atoms with Gasteiger partial charge in [-0.05, 0) is 55.7 Å². The van der Waals surface area contributed by atoms with Crippen molar-refractivity contribution in [1.29, 1.82) is 0 Å². The predicted molar refractivity (Wildman–Crippen MR) is 114 cm³/mol. The zero-order chi connectivity index (χ0) is 20.5. The Morgan fingerprint density at radius 2 is 1.90 bits per heavy atom. The van der Waals surface area contributed by atoms with Gasteiger partial charge in [0, 0.05) is 18.7 Å². The number of rotatable bonds is 8. The van der Waals surface area contributed by atoms with Crippen LogP contribution in [0, 0.1) is 0 Å². The molecule has 3 rings (SSSR count). The van der Waals surface area contributed by atoms with Crippen LogP contribution in [-0.2, 0) is 6.61 Å². The number of amides is 1. The van der Waals surface area contributed by atoms with Gasteiger partial charge in [-0.1, -0.05) is 30.3 Å². The van der Waals surface area contributed by atoms with Crippen molar-refractivity contribution in [2.45, 2.75) is 38.4 Å². The molecule has 1 aliphatic rings. The number of carbonyl (C=O) groups is 1. The van der Waals surface area contributed by atoms with Crippen LogP contribution in [0.5, 0.6) is 11.5 Å². The van der Waals surface area contributed by atoms with Crippen molar-refractivity contribution < 1.29 is 14.3 Å². The maximum absolute atomic E-state index is 12.6. The van der Waals surface area contributed by atoms with Crippen LogP contribution in [0.3, 0.4) is 0 Å². The molecule has 1 fully saturated rings. The molecule has 2 aromatic rings. The molecule has 1 aliphatic carbocycles. The Hall–Kier alpha value is -3.28. The van der Waals surface area contributed by atoms with E-state index in [1.165, 1.54) is 18.9 Å². The number of nitrogens with two attached hydrogens (primary N) is 1. The Kier molecular flexibility index (Phi) is 7.28. The second-order valence-corrected chi connectivity index (χ2v) is 6.96. The summed E-state index contributed by atoms with van der Waals surface area (Å²) in [6, 6.07) is 15.1. The molecule has 6 heteroatoms. The van der Waals surface area contributed by atoms with Gasteiger partial charge in [-0.3, -0.25) is 4.79 Å². The number of nitrogens with zero attached hydrogens (tertiary/aromatic N) is 1. The Balaban J connectivity index is 1.81. The molecule has 29 heavy (non-hydrogen) atoms. The van der Waals surface area contributed by atoms with Gasteiger partial charge in [0.1, 0.15) is 23.9 Å². The number of benzene rings is 2. The fourth-order valence-electron chi connectivity index (χ4n) is 3.17. The number of nitrogens with one attached hydrogen (secondary N) is 1. The summed E-state index contributed by atoms with van der Waals surface area (Å²) in [6.45, 7) is 0.400. The molecule has 3 N–H and O–H groups in total. The van der Waals surface area contributed by atoms with Gasteiger partial charge in [0.25, 0.3) is 5.91 Å². The van der Waals surface area contributed by atoms with Crippen molar-refractivity contribution in [3.8, 4) is 11.5 Å². The van der Waals surface area contributed by atoms with Gasteiger partial charge in [-0.15, -0.1) is 0 Å². The first-order chi connectivity index (χ1) is 14.1. The van der Waals surface area contributed by atoms with Crippen LogP contribution in [0.25, 0.3) is 0 Å². The van der Waals surface area contributed by atoms with Gasteiger partial charge < -0.3 is 20.5 Å². The third kappa shape index (κ3) is 6.38. The van der Waals surface area contributed by atoms with Gasteiger partial charge in [0.2, 0.25) is 0 Å². The first-order valence-electron chi connectivity index (χ1n) is 9.85. The van der Waals surface area contributed by atoms with E-state index >= 15 is 0 Å². The summed E-state index contributed by atoms with van der Waals surface area (Å²) in [5, 5.41) is 2.81. The summed E-state index contributed by atoms with van der Waals surface area (Å²) < 4.78 is 12.0. The maximum Gasteiger partial charge on any atom is 0.279 e. The van der Waals surface area contributed by atoms with E-state index in [0.29, 0.717) is 23.7 Å². The lowest BCUT2D eigenvalue weighted by Crippen LogP contribution is -2.13. The smallest absolute Gasteiger partial charge is 0.279 e. The molecule has 6 nitrogen and oxygen atoms in total. The van der Waals surface area contributed by atoms with E-state index in [2.05, 4.69) is 10.3 Å². The third-order valence-corrected chi connectivity index (χ3v) is 4.63. The number of hydrogen-bond donors (Lipinski definition) is 2. The molecule has 0 heterocycles. The van der Waals surface area contributed by atoms with Gasteiger partial charge in [-0.2, -0.15) is 4.99 Å². The summed E-state index contributed by atoms with van der Waals surface area (Å²) in [5.41, 5.74) is 7.20. The quantitative estimate of drug-likeness (QED) is 0.526. The number of aliphatic imine (C=N–C) groups is 1. The van der Waals surface area contributed by atoms with Crippen molar-refractivity contribution in [1.82, 2.24) is 5.32 Å². The summed E-state index contributed by atoms with van der Waals surface area (Å²) in [7, 11) is 1.74. The largest absolute Gasteiger partial charge is 0.490 e. The molecule has 0 aromatic heterocycles. The van der Waals surface area contributed by atoms with Crippen molar-refractivity contribution in [3.63, 3.8) is 0 Å². The van der Waals surface area contributed by atoms with E-state index < -0.39 is 5.91 Å². The van der Waals surface area contributed by atoms with Crippen LogP contribution < -0.4 is 20.5 Å². The number of hydrogen-bond acceptors (Lipinski definition) is 4. The van der Waals surface area contributed by atoms with Crippen molar-refractivity contribution >= 4 is 11.7 Å². The van der Waals surface area contributed by atoms with Gasteiger partial charge in [0.15, 0.2) is 0 Å². The molecule has 0 atom stereocenters. The van der Waals surface area contributed by atoms with Crippen LogP contribution in [0.15, 0.2) is 65.8 Å². The Morgan fingerprint density at radius 1 is 1.17 bits per heavy atom. The average molecular weight is 393 g/mol. The molecule has 0 unspecified atom stereocenters. The second kappa shape index (κ2) is 10.3. The minimum atomic E-state index is -0.440. The average Bonchev–Trinajstić information content (AvgIpc) is 3.24.